The van der Waals surface area contributed by atoms with Crippen LogP contribution in [0.2, 0.25) is 0 Å². The lowest BCUT2D eigenvalue weighted by atomic mass is 10.2. The van der Waals surface area contributed by atoms with Gasteiger partial charge in [0, 0.05) is 0 Å². The Kier molecular flexibility index (Phi) is 7.08. The average molecular weight is 278 g/mol. The lowest BCUT2D eigenvalue weighted by Crippen LogP contribution is -1.94. The highest BCUT2D eigenvalue weighted by Gasteiger charge is 1.87. The summed E-state index contributed by atoms with van der Waals surface area (Å²) in [6.07, 6.45) is 10.5. The first-order chi connectivity index (χ1) is 10.4. The topological polar surface area (TPSA) is 9.23 Å². The molecule has 0 fully saturated rings. The van der Waals surface area contributed by atoms with E-state index in [4.69, 9.17) is 4.74 Å². The Morgan fingerprint density at radius 2 is 1.05 bits per heavy atom. The highest BCUT2D eigenvalue weighted by Crippen LogP contribution is 2.03. The van der Waals surface area contributed by atoms with Gasteiger partial charge in [-0.25, -0.2) is 0 Å². The van der Waals surface area contributed by atoms with Gasteiger partial charge in [-0.3, -0.25) is 0 Å². The van der Waals surface area contributed by atoms with E-state index in [-0.39, 0.29) is 0 Å². The van der Waals surface area contributed by atoms with E-state index in [1.807, 2.05) is 12.1 Å². The molecule has 0 spiro atoms. The van der Waals surface area contributed by atoms with Crippen molar-refractivity contribution in [3.63, 3.8) is 0 Å². The van der Waals surface area contributed by atoms with Crippen LogP contribution in [0.1, 0.15) is 24.0 Å². The molecule has 0 heterocycles. The van der Waals surface area contributed by atoms with Crippen molar-refractivity contribution >= 4 is 12.2 Å². The van der Waals surface area contributed by atoms with Crippen molar-refractivity contribution in [3.05, 3.63) is 83.9 Å². The summed E-state index contributed by atoms with van der Waals surface area (Å²) >= 11 is 0. The van der Waals surface area contributed by atoms with Crippen LogP contribution < -0.4 is 0 Å². The Hall–Kier alpha value is -2.12. The highest BCUT2D eigenvalue weighted by atomic mass is 16.5. The maximum absolute atomic E-state index is 5.61. The van der Waals surface area contributed by atoms with E-state index in [2.05, 4.69) is 72.8 Å². The van der Waals surface area contributed by atoms with Crippen LogP contribution in [0, 0.1) is 0 Å². The number of hydrogen-bond acceptors (Lipinski definition) is 1. The summed E-state index contributed by atoms with van der Waals surface area (Å²) in [4.78, 5) is 0. The van der Waals surface area contributed by atoms with Gasteiger partial charge in [-0.1, -0.05) is 85.0 Å². The fourth-order valence-electron chi connectivity index (χ4n) is 1.97. The molecule has 0 aromatic heterocycles. The number of benzene rings is 2. The monoisotopic (exact) mass is 278 g/mol. The zero-order valence-corrected chi connectivity index (χ0v) is 12.3. The van der Waals surface area contributed by atoms with Crippen molar-refractivity contribution in [1.29, 1.82) is 0 Å². The fourth-order valence-corrected chi connectivity index (χ4v) is 1.97. The minimum atomic E-state index is 0.780. The first-order valence-electron chi connectivity index (χ1n) is 7.46. The lowest BCUT2D eigenvalue weighted by molar-refractivity contribution is 0.143. The summed E-state index contributed by atoms with van der Waals surface area (Å²) in [5, 5.41) is 0. The van der Waals surface area contributed by atoms with Gasteiger partial charge < -0.3 is 4.74 Å². The lowest BCUT2D eigenvalue weighted by Gasteiger charge is -1.99. The van der Waals surface area contributed by atoms with Gasteiger partial charge in [0.25, 0.3) is 0 Å². The van der Waals surface area contributed by atoms with Gasteiger partial charge in [0.05, 0.1) is 13.2 Å². The van der Waals surface area contributed by atoms with E-state index in [0.29, 0.717) is 0 Å². The van der Waals surface area contributed by atoms with Crippen LogP contribution in [0.25, 0.3) is 12.2 Å². The molecule has 1 heteroatoms. The Balaban J connectivity index is 1.52. The maximum atomic E-state index is 5.61. The molecule has 0 amide bonds. The molecule has 2 rings (SSSR count). The van der Waals surface area contributed by atoms with Crippen molar-refractivity contribution in [2.45, 2.75) is 12.8 Å². The fraction of sp³-hybridized carbons (Fsp3) is 0.200. The normalized spacial score (nSPS) is 11.4. The van der Waals surface area contributed by atoms with Gasteiger partial charge in [0.2, 0.25) is 0 Å². The molecule has 0 bridgehead atoms. The largest absolute Gasteiger partial charge is 0.381 e. The molecule has 0 saturated heterocycles. The third-order valence-corrected chi connectivity index (χ3v) is 3.08. The van der Waals surface area contributed by atoms with Crippen molar-refractivity contribution < 1.29 is 4.74 Å². The van der Waals surface area contributed by atoms with Gasteiger partial charge in [-0.05, 0) is 24.0 Å². The van der Waals surface area contributed by atoms with Crippen LogP contribution in [-0.4, -0.2) is 13.2 Å². The third-order valence-electron chi connectivity index (χ3n) is 3.08. The van der Waals surface area contributed by atoms with Gasteiger partial charge in [-0.2, -0.15) is 0 Å². The first kappa shape index (κ1) is 15.3. The van der Waals surface area contributed by atoms with Gasteiger partial charge in [0.1, 0.15) is 0 Å². The SMILES string of the molecule is C(=C\c1ccccc1)/CCOCC/C=C/c1ccccc1. The van der Waals surface area contributed by atoms with E-state index in [1.54, 1.807) is 0 Å². The number of ether oxygens (including phenoxy) is 1. The molecule has 0 aliphatic rings. The second-order valence-electron chi connectivity index (χ2n) is 4.82. The molecule has 0 saturated carbocycles. The quantitative estimate of drug-likeness (QED) is 0.602. The molecular weight excluding hydrogens is 256 g/mol. The van der Waals surface area contributed by atoms with Crippen molar-refractivity contribution in [1.82, 2.24) is 0 Å². The standard InChI is InChI=1S/C20H22O/c1-3-11-19(12-4-1)15-7-9-17-21-18-10-8-16-20-13-5-2-6-14-20/h1-8,11-16H,9-10,17-18H2/b15-7+,16-8+. The Labute approximate surface area is 127 Å². The van der Waals surface area contributed by atoms with Crippen molar-refractivity contribution in [2.75, 3.05) is 13.2 Å². The Bertz CT molecular complexity index is 489. The summed E-state index contributed by atoms with van der Waals surface area (Å²) in [5.74, 6) is 0. The summed E-state index contributed by atoms with van der Waals surface area (Å²) in [5.41, 5.74) is 2.48. The van der Waals surface area contributed by atoms with E-state index >= 15 is 0 Å². The van der Waals surface area contributed by atoms with Crippen LogP contribution >= 0.6 is 0 Å². The van der Waals surface area contributed by atoms with E-state index in [1.165, 1.54) is 11.1 Å². The molecular formula is C20H22O. The summed E-state index contributed by atoms with van der Waals surface area (Å²) in [6.45, 7) is 1.56. The molecule has 1 nitrogen and oxygen atoms in total. The molecule has 2 aromatic carbocycles. The Morgan fingerprint density at radius 1 is 0.619 bits per heavy atom. The predicted octanol–water partition coefficient (Wildman–Crippen LogP) is 5.21. The summed E-state index contributed by atoms with van der Waals surface area (Å²) < 4.78 is 5.61. The van der Waals surface area contributed by atoms with E-state index < -0.39 is 0 Å². The average Bonchev–Trinajstić information content (AvgIpc) is 2.55. The number of hydrogen-bond donors (Lipinski definition) is 0. The molecule has 2 aromatic rings. The molecule has 0 unspecified atom stereocenters. The van der Waals surface area contributed by atoms with Gasteiger partial charge in [-0.15, -0.1) is 0 Å². The minimum Gasteiger partial charge on any atom is -0.381 e. The molecule has 108 valence electrons. The van der Waals surface area contributed by atoms with Crippen LogP contribution in [0.4, 0.5) is 0 Å². The maximum Gasteiger partial charge on any atom is 0.0500 e. The molecule has 0 radical (unpaired) electrons. The van der Waals surface area contributed by atoms with E-state index in [9.17, 15) is 0 Å². The molecule has 0 aliphatic heterocycles. The second-order valence-corrected chi connectivity index (χ2v) is 4.82. The zero-order valence-electron chi connectivity index (χ0n) is 12.3. The molecule has 21 heavy (non-hydrogen) atoms. The number of rotatable bonds is 8. The smallest absolute Gasteiger partial charge is 0.0500 e. The second kappa shape index (κ2) is 9.73. The van der Waals surface area contributed by atoms with Gasteiger partial charge >= 0.3 is 0 Å². The minimum absolute atomic E-state index is 0.780. The van der Waals surface area contributed by atoms with Crippen molar-refractivity contribution in [2.24, 2.45) is 0 Å². The Morgan fingerprint density at radius 3 is 1.48 bits per heavy atom. The molecule has 0 atom stereocenters. The van der Waals surface area contributed by atoms with E-state index in [0.717, 1.165) is 26.1 Å². The van der Waals surface area contributed by atoms with Crippen molar-refractivity contribution in [3.8, 4) is 0 Å². The van der Waals surface area contributed by atoms with Crippen LogP contribution in [-0.2, 0) is 4.74 Å². The summed E-state index contributed by atoms with van der Waals surface area (Å²) in [7, 11) is 0. The molecule has 0 aliphatic carbocycles. The molecule has 0 N–H and O–H groups in total. The van der Waals surface area contributed by atoms with Crippen LogP contribution in [0.15, 0.2) is 72.8 Å². The first-order valence-corrected chi connectivity index (χ1v) is 7.46. The van der Waals surface area contributed by atoms with Crippen LogP contribution in [0.5, 0.6) is 0 Å². The van der Waals surface area contributed by atoms with Gasteiger partial charge in [0.15, 0.2) is 0 Å². The predicted molar refractivity (Wildman–Crippen MR) is 91.0 cm³/mol. The highest BCUT2D eigenvalue weighted by molar-refractivity contribution is 5.49. The summed E-state index contributed by atoms with van der Waals surface area (Å²) in [6, 6.07) is 20.7. The zero-order chi connectivity index (χ0) is 14.6. The van der Waals surface area contributed by atoms with Crippen LogP contribution in [0.3, 0.4) is 0 Å². The third kappa shape index (κ3) is 6.73.